The largest absolute Gasteiger partial charge is 0.465 e. The number of carbonyl (C=O) groups excluding carboxylic acids is 7. The van der Waals surface area contributed by atoms with Gasteiger partial charge in [0.2, 0.25) is 0 Å². The van der Waals surface area contributed by atoms with Crippen molar-refractivity contribution in [1.29, 1.82) is 0 Å². The smallest absolute Gasteiger partial charge is 0.338 e. The Balaban J connectivity index is 2.05. The summed E-state index contributed by atoms with van der Waals surface area (Å²) in [6.45, 7) is 10.1. The van der Waals surface area contributed by atoms with Crippen LogP contribution in [-0.2, 0) is 66.7 Å². The molecule has 5 rings (SSSR count). The Hall–Kier alpha value is -4.83. The molecule has 1 unspecified atom stereocenters. The summed E-state index contributed by atoms with van der Waals surface area (Å²) in [6, 6.07) is 7.86. The lowest BCUT2D eigenvalue weighted by Crippen LogP contribution is -2.80. The van der Waals surface area contributed by atoms with E-state index in [0.29, 0.717) is 0 Å². The zero-order valence-electron chi connectivity index (χ0n) is 32.3. The molecule has 1 saturated heterocycles. The minimum absolute atomic E-state index is 0.0616. The molecule has 0 bridgehead atoms. The highest BCUT2D eigenvalue weighted by molar-refractivity contribution is 5.89. The standard InChI is InChI=1S/C39H48O16/c1-19-27(50-21(3)41)16-38(36(8,9)47)30(19)31(52-23(5)43)33(53-24(6)44)37(17-48-20(2)40)28(51-22(4)42)15-29-39(18-49-29,55-25(7)45)32(37)34(38)54-35(46)26-13-11-10-12-14-26/h10-14,27-29,31-34,47H,15-18H2,1-9H3/t27-,28-,29+,31+,32?,33-,34-,37+,38-,39-/m0/s1. The molecule has 1 aromatic rings. The van der Waals surface area contributed by atoms with Crippen molar-refractivity contribution < 1.29 is 76.6 Å². The summed E-state index contributed by atoms with van der Waals surface area (Å²) < 4.78 is 48.8. The third-order valence-electron chi connectivity index (χ3n) is 11.4. The normalized spacial score (nSPS) is 33.5. The Morgan fingerprint density at radius 3 is 1.87 bits per heavy atom. The Morgan fingerprint density at radius 1 is 0.782 bits per heavy atom. The van der Waals surface area contributed by atoms with Crippen LogP contribution in [0, 0.1) is 16.7 Å². The van der Waals surface area contributed by atoms with Gasteiger partial charge in [-0.05, 0) is 44.1 Å². The van der Waals surface area contributed by atoms with Gasteiger partial charge in [-0.3, -0.25) is 28.8 Å². The number of carbonyl (C=O) groups is 7. The van der Waals surface area contributed by atoms with Crippen LogP contribution in [0.15, 0.2) is 41.5 Å². The molecule has 0 aromatic heterocycles. The van der Waals surface area contributed by atoms with Crippen molar-refractivity contribution in [2.24, 2.45) is 16.7 Å². The molecule has 1 aromatic carbocycles. The number of esters is 7. The number of rotatable bonds is 10. The zero-order valence-corrected chi connectivity index (χ0v) is 32.3. The average molecular weight is 773 g/mol. The van der Waals surface area contributed by atoms with Gasteiger partial charge in [-0.15, -0.1) is 0 Å². The predicted octanol–water partition coefficient (Wildman–Crippen LogP) is 2.70. The zero-order chi connectivity index (χ0) is 40.8. The Morgan fingerprint density at radius 2 is 1.38 bits per heavy atom. The van der Waals surface area contributed by atoms with Gasteiger partial charge in [0.1, 0.15) is 31.0 Å². The van der Waals surface area contributed by atoms with E-state index in [0.717, 1.165) is 34.6 Å². The van der Waals surface area contributed by atoms with E-state index in [4.69, 9.17) is 37.9 Å². The highest BCUT2D eigenvalue weighted by Crippen LogP contribution is 2.69. The molecule has 3 fully saturated rings. The Kier molecular flexibility index (Phi) is 11.3. The van der Waals surface area contributed by atoms with Crippen molar-refractivity contribution in [2.45, 2.75) is 123 Å². The number of benzene rings is 1. The van der Waals surface area contributed by atoms with Crippen LogP contribution < -0.4 is 0 Å². The first kappa shape index (κ1) is 41.3. The predicted molar refractivity (Wildman–Crippen MR) is 185 cm³/mol. The molecule has 3 aliphatic carbocycles. The number of ether oxygens (including phenoxy) is 8. The molecule has 1 aliphatic heterocycles. The lowest BCUT2D eigenvalue weighted by atomic mass is 9.49. The molecule has 4 aliphatic rings. The van der Waals surface area contributed by atoms with Gasteiger partial charge in [0, 0.05) is 54.4 Å². The first-order chi connectivity index (χ1) is 25.6. The van der Waals surface area contributed by atoms with E-state index in [9.17, 15) is 38.7 Å². The van der Waals surface area contributed by atoms with Gasteiger partial charge in [-0.25, -0.2) is 4.79 Å². The van der Waals surface area contributed by atoms with Crippen LogP contribution in [0.4, 0.5) is 0 Å². The maximum Gasteiger partial charge on any atom is 0.338 e. The summed E-state index contributed by atoms with van der Waals surface area (Å²) in [4.78, 5) is 92.8. The minimum atomic E-state index is -2.09. The van der Waals surface area contributed by atoms with Crippen LogP contribution >= 0.6 is 0 Å². The molecule has 16 nitrogen and oxygen atoms in total. The highest BCUT2D eigenvalue weighted by atomic mass is 16.6. The molecule has 0 radical (unpaired) electrons. The lowest BCUT2D eigenvalue weighted by Gasteiger charge is -2.65. The number of aliphatic hydroxyl groups is 1. The summed E-state index contributed by atoms with van der Waals surface area (Å²) in [5.74, 6) is -7.41. The van der Waals surface area contributed by atoms with E-state index in [1.54, 1.807) is 25.1 Å². The van der Waals surface area contributed by atoms with Gasteiger partial charge in [0.15, 0.2) is 17.8 Å². The number of fused-ring (bicyclic) bond motifs is 4. The summed E-state index contributed by atoms with van der Waals surface area (Å²) in [7, 11) is 0. The van der Waals surface area contributed by atoms with Crippen LogP contribution in [0.1, 0.15) is 85.5 Å². The van der Waals surface area contributed by atoms with Crippen LogP contribution in [0.3, 0.4) is 0 Å². The van der Waals surface area contributed by atoms with E-state index in [1.165, 1.54) is 32.9 Å². The fourth-order valence-corrected chi connectivity index (χ4v) is 9.55. The average Bonchev–Trinajstić information content (AvgIpc) is 3.31. The quantitative estimate of drug-likeness (QED) is 0.206. The topological polar surface area (TPSA) is 214 Å². The molecule has 0 amide bonds. The molecule has 1 heterocycles. The monoisotopic (exact) mass is 772 g/mol. The van der Waals surface area contributed by atoms with Crippen LogP contribution in [0.5, 0.6) is 0 Å². The fraction of sp³-hybridized carbons (Fsp3) is 0.615. The SMILES string of the molecule is CC(=O)OC[C@@]12C([C@H](OC(=O)c3ccccc3)[C@]3(C(C)(C)O)C[C@H](OC(C)=O)C(C)=C3[C@@H](OC(C)=O)[C@@H]1OC(C)=O)[C@]1(OC(C)=O)CO[C@@H]1C[C@@H]2OC(C)=O. The van der Waals surface area contributed by atoms with Crippen molar-refractivity contribution >= 4 is 41.8 Å². The van der Waals surface area contributed by atoms with E-state index >= 15 is 0 Å². The maximum atomic E-state index is 14.5. The van der Waals surface area contributed by atoms with Crippen molar-refractivity contribution in [3.05, 3.63) is 47.0 Å². The maximum absolute atomic E-state index is 14.5. The second-order valence-corrected chi connectivity index (χ2v) is 15.2. The first-order valence-electron chi connectivity index (χ1n) is 17.9. The third-order valence-corrected chi connectivity index (χ3v) is 11.4. The van der Waals surface area contributed by atoms with E-state index in [-0.39, 0.29) is 36.2 Å². The molecule has 1 N–H and O–H groups in total. The highest BCUT2D eigenvalue weighted by Gasteiger charge is 2.82. The van der Waals surface area contributed by atoms with Gasteiger partial charge >= 0.3 is 41.8 Å². The van der Waals surface area contributed by atoms with E-state index in [1.807, 2.05) is 0 Å². The van der Waals surface area contributed by atoms with Crippen molar-refractivity contribution in [1.82, 2.24) is 0 Å². The van der Waals surface area contributed by atoms with Gasteiger partial charge < -0.3 is 43.0 Å². The summed E-state index contributed by atoms with van der Waals surface area (Å²) in [5, 5.41) is 12.7. The molecular weight excluding hydrogens is 724 g/mol. The van der Waals surface area contributed by atoms with Gasteiger partial charge in [0.25, 0.3) is 0 Å². The lowest BCUT2D eigenvalue weighted by molar-refractivity contribution is -0.358. The van der Waals surface area contributed by atoms with Crippen molar-refractivity contribution in [3.8, 4) is 0 Å². The minimum Gasteiger partial charge on any atom is -0.465 e. The number of hydrogen-bond donors (Lipinski definition) is 1. The first-order valence-corrected chi connectivity index (χ1v) is 17.9. The Bertz CT molecular complexity index is 1780. The number of hydrogen-bond acceptors (Lipinski definition) is 16. The third kappa shape index (κ3) is 7.10. The molecule has 16 heteroatoms. The summed E-state index contributed by atoms with van der Waals surface area (Å²) in [6.07, 6.45) is -9.35. The molecule has 0 spiro atoms. The van der Waals surface area contributed by atoms with Crippen molar-refractivity contribution in [3.63, 3.8) is 0 Å². The summed E-state index contributed by atoms with van der Waals surface area (Å²) in [5.41, 5.74) is -7.47. The molecule has 2 saturated carbocycles. The molecule has 55 heavy (non-hydrogen) atoms. The van der Waals surface area contributed by atoms with Crippen molar-refractivity contribution in [2.75, 3.05) is 13.2 Å². The van der Waals surface area contributed by atoms with Crippen LogP contribution in [0.25, 0.3) is 0 Å². The van der Waals surface area contributed by atoms with Gasteiger partial charge in [0.05, 0.1) is 34.5 Å². The second-order valence-electron chi connectivity index (χ2n) is 15.2. The molecular formula is C39H48O16. The van der Waals surface area contributed by atoms with Gasteiger partial charge in [-0.1, -0.05) is 18.2 Å². The molecule has 10 atom stereocenters. The Labute approximate surface area is 318 Å². The van der Waals surface area contributed by atoms with Crippen LogP contribution in [-0.4, -0.2) is 108 Å². The summed E-state index contributed by atoms with van der Waals surface area (Å²) >= 11 is 0. The van der Waals surface area contributed by atoms with Gasteiger partial charge in [-0.2, -0.15) is 0 Å². The van der Waals surface area contributed by atoms with E-state index < -0.39 is 113 Å². The second kappa shape index (κ2) is 15.0. The molecule has 300 valence electrons. The van der Waals surface area contributed by atoms with Crippen LogP contribution in [0.2, 0.25) is 0 Å². The van der Waals surface area contributed by atoms with E-state index in [2.05, 4.69) is 0 Å². The fourth-order valence-electron chi connectivity index (χ4n) is 9.55.